The van der Waals surface area contributed by atoms with Crippen molar-refractivity contribution in [3.8, 4) is 5.75 Å². The fourth-order valence-electron chi connectivity index (χ4n) is 3.32. The van der Waals surface area contributed by atoms with E-state index in [0.29, 0.717) is 17.9 Å². The number of ether oxygens (including phenoxy) is 2. The third-order valence-corrected chi connectivity index (χ3v) is 4.65. The summed E-state index contributed by atoms with van der Waals surface area (Å²) in [5.41, 5.74) is -0.851. The molecule has 1 N–H and O–H groups in total. The first-order valence-electron chi connectivity index (χ1n) is 8.48. The first-order valence-corrected chi connectivity index (χ1v) is 9.24. The van der Waals surface area contributed by atoms with Crippen molar-refractivity contribution in [2.45, 2.75) is 32.3 Å². The first kappa shape index (κ1) is 20.7. The van der Waals surface area contributed by atoms with Gasteiger partial charge in [-0.2, -0.15) is 0 Å². The second-order valence-electron chi connectivity index (χ2n) is 6.19. The van der Waals surface area contributed by atoms with Crippen LogP contribution in [0, 0.1) is 11.8 Å². The summed E-state index contributed by atoms with van der Waals surface area (Å²) < 4.78 is 10.3. The zero-order valence-corrected chi connectivity index (χ0v) is 16.2. The van der Waals surface area contributed by atoms with Crippen LogP contribution in [-0.2, 0) is 19.9 Å². The van der Waals surface area contributed by atoms with E-state index in [1.54, 1.807) is 31.2 Å². The summed E-state index contributed by atoms with van der Waals surface area (Å²) in [5, 5.41) is 11.1. The average molecular weight is 401 g/mol. The van der Waals surface area contributed by atoms with Crippen molar-refractivity contribution in [2.75, 3.05) is 13.2 Å². The topological polar surface area (TPSA) is 72.8 Å². The molecule has 1 aliphatic rings. The summed E-state index contributed by atoms with van der Waals surface area (Å²) in [6.07, 6.45) is 1.36. The molecule has 0 saturated heterocycles. The smallest absolute Gasteiger partial charge is 0.317 e. The van der Waals surface area contributed by atoms with Crippen molar-refractivity contribution < 1.29 is 24.2 Å². The molecule has 0 bridgehead atoms. The molecule has 142 valence electrons. The molecule has 7 heteroatoms. The first-order chi connectivity index (χ1) is 12.3. The Kier molecular flexibility index (Phi) is 7.09. The van der Waals surface area contributed by atoms with Crippen molar-refractivity contribution in [3.05, 3.63) is 40.4 Å². The van der Waals surface area contributed by atoms with Crippen molar-refractivity contribution in [3.63, 3.8) is 0 Å². The van der Waals surface area contributed by atoms with Crippen molar-refractivity contribution in [1.29, 1.82) is 0 Å². The molecule has 5 nitrogen and oxygen atoms in total. The van der Waals surface area contributed by atoms with Crippen LogP contribution in [0.1, 0.15) is 32.3 Å². The Morgan fingerprint density at radius 3 is 2.46 bits per heavy atom. The van der Waals surface area contributed by atoms with Crippen molar-refractivity contribution in [1.82, 2.24) is 0 Å². The predicted octanol–water partition coefficient (Wildman–Crippen LogP) is 3.75. The van der Waals surface area contributed by atoms with Gasteiger partial charge in [0.15, 0.2) is 5.78 Å². The maximum Gasteiger partial charge on any atom is 0.317 e. The molecule has 0 aromatic heterocycles. The average Bonchev–Trinajstić information content (AvgIpc) is 2.54. The van der Waals surface area contributed by atoms with Gasteiger partial charge in [0, 0.05) is 12.3 Å². The van der Waals surface area contributed by atoms with Crippen LogP contribution in [0.3, 0.4) is 0 Å². The maximum atomic E-state index is 12.7. The summed E-state index contributed by atoms with van der Waals surface area (Å²) in [7, 11) is 0. The maximum absolute atomic E-state index is 12.7. The molecule has 0 unspecified atom stereocenters. The fourth-order valence-corrected chi connectivity index (χ4v) is 3.64. The normalized spacial score (nSPS) is 25.5. The summed E-state index contributed by atoms with van der Waals surface area (Å²) in [6.45, 7) is 4.24. The number of hydrogen-bond acceptors (Lipinski definition) is 5. The third kappa shape index (κ3) is 4.78. The minimum absolute atomic E-state index is 0.0620. The van der Waals surface area contributed by atoms with E-state index in [2.05, 4.69) is 0 Å². The van der Waals surface area contributed by atoms with Gasteiger partial charge >= 0.3 is 5.97 Å². The van der Waals surface area contributed by atoms with Gasteiger partial charge < -0.3 is 14.6 Å². The molecule has 3 atom stereocenters. The summed E-state index contributed by atoms with van der Waals surface area (Å²) in [4.78, 5) is 24.9. The Morgan fingerprint density at radius 2 is 1.92 bits per heavy atom. The van der Waals surface area contributed by atoms with Crippen LogP contribution < -0.4 is 4.74 Å². The number of aliphatic hydroxyl groups is 1. The molecule has 1 aromatic rings. The summed E-state index contributed by atoms with van der Waals surface area (Å²) in [5.74, 6) is -2.03. The van der Waals surface area contributed by atoms with Crippen LogP contribution in [0.25, 0.3) is 0 Å². The molecule has 0 heterocycles. The molecule has 1 aliphatic carbocycles. The van der Waals surface area contributed by atoms with E-state index in [1.165, 1.54) is 6.08 Å². The quantitative estimate of drug-likeness (QED) is 0.581. The van der Waals surface area contributed by atoms with E-state index >= 15 is 0 Å². The number of Topliss-reactive ketones (excluding diaryl/α,β-unsaturated/α-hetero) is 1. The van der Waals surface area contributed by atoms with Crippen molar-refractivity contribution in [2.24, 2.45) is 11.8 Å². The van der Waals surface area contributed by atoms with E-state index in [-0.39, 0.29) is 23.9 Å². The predicted molar refractivity (Wildman–Crippen MR) is 99.2 cm³/mol. The molecule has 0 amide bonds. The molecule has 2 rings (SSSR count). The number of rotatable bonds is 6. The van der Waals surface area contributed by atoms with Gasteiger partial charge in [-0.1, -0.05) is 35.3 Å². The lowest BCUT2D eigenvalue weighted by Gasteiger charge is -2.38. The fraction of sp³-hybridized carbons (Fsp3) is 0.474. The number of allylic oxidation sites excluding steroid dienone is 1. The minimum atomic E-state index is -1.42. The second kappa shape index (κ2) is 8.89. The van der Waals surface area contributed by atoms with E-state index in [0.717, 1.165) is 0 Å². The molecular weight excluding hydrogens is 379 g/mol. The Morgan fingerprint density at radius 1 is 1.27 bits per heavy atom. The van der Waals surface area contributed by atoms with Crippen LogP contribution in [0.4, 0.5) is 0 Å². The summed E-state index contributed by atoms with van der Waals surface area (Å²) >= 11 is 11.5. The van der Waals surface area contributed by atoms with Gasteiger partial charge in [-0.3, -0.25) is 9.59 Å². The number of esters is 1. The van der Waals surface area contributed by atoms with Gasteiger partial charge in [0.05, 0.1) is 18.8 Å². The monoisotopic (exact) mass is 400 g/mol. The number of hydrogen-bond donors (Lipinski definition) is 1. The van der Waals surface area contributed by atoms with Crippen LogP contribution in [0.15, 0.2) is 34.8 Å². The molecule has 1 aromatic carbocycles. The van der Waals surface area contributed by atoms with Crippen LogP contribution in [0.2, 0.25) is 0 Å². The van der Waals surface area contributed by atoms with E-state index in [4.69, 9.17) is 32.7 Å². The highest BCUT2D eigenvalue weighted by Crippen LogP contribution is 2.43. The molecule has 1 fully saturated rings. The standard InChI is InChI=1S/C19H22Cl2O5/c1-3-25-14-7-5-13(6-8-14)19(24)10-12(9-16(20)21)17(15(22)11-19)18(23)26-4-2/h5-9,12,17,24H,3-4,10-11H2,1-2H3/t12-,17+,19-/m1/s1. The number of ketones is 1. The van der Waals surface area contributed by atoms with Crippen LogP contribution in [0.5, 0.6) is 5.75 Å². The Labute approximate surface area is 162 Å². The number of carbonyl (C=O) groups is 2. The van der Waals surface area contributed by atoms with Gasteiger partial charge in [0.1, 0.15) is 16.2 Å². The Balaban J connectivity index is 2.33. The lowest BCUT2D eigenvalue weighted by atomic mass is 9.68. The van der Waals surface area contributed by atoms with E-state index in [1.807, 2.05) is 6.92 Å². The van der Waals surface area contributed by atoms with Gasteiger partial charge in [0.2, 0.25) is 0 Å². The Bertz CT molecular complexity index is 682. The minimum Gasteiger partial charge on any atom is -0.494 e. The Hall–Kier alpha value is -1.56. The van der Waals surface area contributed by atoms with Gasteiger partial charge in [-0.05, 0) is 44.0 Å². The van der Waals surface area contributed by atoms with E-state index in [9.17, 15) is 14.7 Å². The van der Waals surface area contributed by atoms with Crippen molar-refractivity contribution >= 4 is 35.0 Å². The number of carbonyl (C=O) groups excluding carboxylic acids is 2. The molecule has 0 aliphatic heterocycles. The lowest BCUT2D eigenvalue weighted by Crippen LogP contribution is -2.45. The molecule has 1 saturated carbocycles. The van der Waals surface area contributed by atoms with Gasteiger partial charge in [-0.25, -0.2) is 0 Å². The van der Waals surface area contributed by atoms with Crippen LogP contribution >= 0.6 is 23.2 Å². The molecular formula is C19H22Cl2O5. The van der Waals surface area contributed by atoms with Crippen LogP contribution in [-0.4, -0.2) is 30.1 Å². The highest BCUT2D eigenvalue weighted by atomic mass is 35.5. The molecule has 0 radical (unpaired) electrons. The highest BCUT2D eigenvalue weighted by molar-refractivity contribution is 6.55. The largest absolute Gasteiger partial charge is 0.494 e. The number of benzene rings is 1. The number of halogens is 2. The zero-order valence-electron chi connectivity index (χ0n) is 14.7. The lowest BCUT2D eigenvalue weighted by molar-refractivity contribution is -0.159. The van der Waals surface area contributed by atoms with E-state index < -0.39 is 29.2 Å². The highest BCUT2D eigenvalue weighted by Gasteiger charge is 2.48. The third-order valence-electron chi connectivity index (χ3n) is 4.40. The molecule has 26 heavy (non-hydrogen) atoms. The van der Waals surface area contributed by atoms with Gasteiger partial charge in [0.25, 0.3) is 0 Å². The second-order valence-corrected chi connectivity index (χ2v) is 7.19. The van der Waals surface area contributed by atoms with Gasteiger partial charge in [-0.15, -0.1) is 0 Å². The summed E-state index contributed by atoms with van der Waals surface area (Å²) in [6, 6.07) is 6.90. The SMILES string of the molecule is CCOC(=O)[C@@H]1C(=O)C[C@@](O)(c2ccc(OCC)cc2)C[C@H]1C=C(Cl)Cl. The molecule has 0 spiro atoms. The zero-order chi connectivity index (χ0) is 19.3.